The van der Waals surface area contributed by atoms with E-state index in [4.69, 9.17) is 4.74 Å². The second kappa shape index (κ2) is 9.76. The molecule has 0 saturated heterocycles. The van der Waals surface area contributed by atoms with E-state index in [2.05, 4.69) is 35.5 Å². The number of halogens is 3. The minimum Gasteiger partial charge on any atom is -0.444 e. The van der Waals surface area contributed by atoms with E-state index in [0.29, 0.717) is 22.9 Å². The van der Waals surface area contributed by atoms with Crippen LogP contribution in [0, 0.1) is 0 Å². The van der Waals surface area contributed by atoms with E-state index in [0.717, 1.165) is 0 Å². The molecule has 3 rings (SSSR count). The average Bonchev–Trinajstić information content (AvgIpc) is 3.19. The molecule has 0 aliphatic rings. The number of alkyl halides is 3. The van der Waals surface area contributed by atoms with E-state index < -0.39 is 24.1 Å². The minimum absolute atomic E-state index is 0.00421. The first kappa shape index (κ1) is 23.8. The van der Waals surface area contributed by atoms with Gasteiger partial charge in [0, 0.05) is 36.3 Å². The topological polar surface area (TPSA) is 114 Å². The maximum absolute atomic E-state index is 12.6. The summed E-state index contributed by atoms with van der Waals surface area (Å²) in [5.41, 5.74) is 0.332. The summed E-state index contributed by atoms with van der Waals surface area (Å²) in [6, 6.07) is 8.12. The summed E-state index contributed by atoms with van der Waals surface area (Å²) in [5.74, 6) is 0.354. The number of H-pyrrole nitrogens is 1. The van der Waals surface area contributed by atoms with Crippen molar-refractivity contribution < 1.29 is 27.4 Å². The highest BCUT2D eigenvalue weighted by molar-refractivity contribution is 5.67. The van der Waals surface area contributed by atoms with Gasteiger partial charge in [0.1, 0.15) is 23.2 Å². The number of pyridine rings is 1. The van der Waals surface area contributed by atoms with Gasteiger partial charge in [-0.1, -0.05) is 6.07 Å². The molecule has 33 heavy (non-hydrogen) atoms. The summed E-state index contributed by atoms with van der Waals surface area (Å²) in [4.78, 5) is 20.5. The number of benzene rings is 1. The number of nitrogens with one attached hydrogen (secondary N) is 3. The monoisotopic (exact) mass is 464 g/mol. The van der Waals surface area contributed by atoms with Crippen LogP contribution >= 0.6 is 0 Å². The number of anilines is 1. The number of carbonyl (C=O) groups is 1. The molecule has 0 radical (unpaired) electrons. The molecule has 0 saturated carbocycles. The fourth-order valence-corrected chi connectivity index (χ4v) is 2.76. The lowest BCUT2D eigenvalue weighted by molar-refractivity contribution is -0.274. The van der Waals surface area contributed by atoms with E-state index in [9.17, 15) is 18.0 Å². The highest BCUT2D eigenvalue weighted by Crippen LogP contribution is 2.27. The Morgan fingerprint density at radius 2 is 1.88 bits per heavy atom. The van der Waals surface area contributed by atoms with Gasteiger partial charge < -0.3 is 20.1 Å². The molecule has 0 fully saturated rings. The molecule has 12 heteroatoms. The maximum Gasteiger partial charge on any atom is 0.573 e. The van der Waals surface area contributed by atoms with Crippen molar-refractivity contribution in [3.63, 3.8) is 0 Å². The quantitative estimate of drug-likeness (QED) is 0.474. The Morgan fingerprint density at radius 3 is 2.55 bits per heavy atom. The van der Waals surface area contributed by atoms with E-state index >= 15 is 0 Å². The predicted octanol–water partition coefficient (Wildman–Crippen LogP) is 4.44. The zero-order chi connectivity index (χ0) is 24.1. The van der Waals surface area contributed by atoms with Crippen LogP contribution in [-0.4, -0.2) is 44.8 Å². The van der Waals surface area contributed by atoms with Gasteiger partial charge in [0.05, 0.1) is 0 Å². The lowest BCUT2D eigenvalue weighted by Gasteiger charge is -2.22. The van der Waals surface area contributed by atoms with Crippen LogP contribution in [-0.2, 0) is 4.74 Å². The van der Waals surface area contributed by atoms with E-state index in [1.165, 1.54) is 18.2 Å². The van der Waals surface area contributed by atoms with Crippen LogP contribution in [0.2, 0.25) is 0 Å². The largest absolute Gasteiger partial charge is 0.573 e. The molecule has 0 spiro atoms. The zero-order valence-electron chi connectivity index (χ0n) is 18.1. The molecule has 1 atom stereocenters. The molecule has 0 aliphatic heterocycles. The molecule has 1 amide bonds. The number of hydrogen-bond acceptors (Lipinski definition) is 7. The van der Waals surface area contributed by atoms with Gasteiger partial charge in [-0.15, -0.1) is 13.2 Å². The van der Waals surface area contributed by atoms with Gasteiger partial charge in [0.15, 0.2) is 5.82 Å². The summed E-state index contributed by atoms with van der Waals surface area (Å²) in [6.45, 7) is 5.19. The fraction of sp³-hybridized carbons (Fsp3) is 0.333. The first-order valence-electron chi connectivity index (χ1n) is 9.90. The minimum atomic E-state index is -4.82. The molecule has 9 nitrogen and oxygen atoms in total. The molecule has 2 heterocycles. The highest BCUT2D eigenvalue weighted by atomic mass is 19.4. The van der Waals surface area contributed by atoms with Crippen LogP contribution in [0.5, 0.6) is 5.75 Å². The number of nitrogens with zero attached hydrogens (tertiary/aromatic N) is 3. The number of rotatable bonds is 7. The predicted molar refractivity (Wildman–Crippen MR) is 113 cm³/mol. The molecule has 3 aromatic rings. The summed E-state index contributed by atoms with van der Waals surface area (Å²) >= 11 is 0. The Labute approximate surface area is 187 Å². The summed E-state index contributed by atoms with van der Waals surface area (Å²) in [6.07, 6.45) is -2.28. The molecular weight excluding hydrogens is 441 g/mol. The molecule has 0 aliphatic carbocycles. The number of aromatic amines is 1. The third kappa shape index (κ3) is 7.66. The van der Waals surface area contributed by atoms with Crippen LogP contribution in [0.4, 0.5) is 23.7 Å². The summed E-state index contributed by atoms with van der Waals surface area (Å²) in [5, 5.41) is 12.7. The van der Waals surface area contributed by atoms with Gasteiger partial charge in [-0.25, -0.2) is 9.78 Å². The van der Waals surface area contributed by atoms with Crippen LogP contribution in [0.15, 0.2) is 48.8 Å². The van der Waals surface area contributed by atoms with Crippen LogP contribution in [0.3, 0.4) is 0 Å². The number of ether oxygens (including phenoxy) is 2. The van der Waals surface area contributed by atoms with Crippen molar-refractivity contribution in [1.82, 2.24) is 25.5 Å². The standard InChI is InChI=1S/C21H23F3N6O3/c1-20(2,3)33-19(31)26-12-16(18-28-17(29-30-18)13-7-9-25-10-8-13)27-14-5-4-6-15(11-14)32-21(22,23)24/h4-11,16,27H,12H2,1-3H3,(H,26,31)(H,28,29,30). The third-order valence-corrected chi connectivity index (χ3v) is 4.03. The Morgan fingerprint density at radius 1 is 1.15 bits per heavy atom. The normalized spacial score (nSPS) is 12.7. The van der Waals surface area contributed by atoms with Gasteiger partial charge >= 0.3 is 12.5 Å². The van der Waals surface area contributed by atoms with E-state index in [1.807, 2.05) is 0 Å². The summed E-state index contributed by atoms with van der Waals surface area (Å²) in [7, 11) is 0. The SMILES string of the molecule is CC(C)(C)OC(=O)NCC(Nc1cccc(OC(F)(F)F)c1)c1nc(-c2ccncc2)n[nH]1. The lowest BCUT2D eigenvalue weighted by Crippen LogP contribution is -2.36. The van der Waals surface area contributed by atoms with Crippen molar-refractivity contribution in [1.29, 1.82) is 0 Å². The van der Waals surface area contributed by atoms with Crippen molar-refractivity contribution in [3.05, 3.63) is 54.6 Å². The van der Waals surface area contributed by atoms with Crippen LogP contribution in [0.25, 0.3) is 11.4 Å². The first-order valence-corrected chi connectivity index (χ1v) is 9.90. The van der Waals surface area contributed by atoms with Crippen molar-refractivity contribution in [3.8, 4) is 17.1 Å². The molecule has 2 aromatic heterocycles. The fourth-order valence-electron chi connectivity index (χ4n) is 2.76. The highest BCUT2D eigenvalue weighted by Gasteiger charge is 2.31. The van der Waals surface area contributed by atoms with Gasteiger partial charge in [-0.05, 0) is 45.0 Å². The van der Waals surface area contributed by atoms with E-state index in [1.54, 1.807) is 51.4 Å². The zero-order valence-corrected chi connectivity index (χ0v) is 18.1. The number of carbonyl (C=O) groups excluding carboxylic acids is 1. The number of amides is 1. The molecule has 1 unspecified atom stereocenters. The molecule has 1 aromatic carbocycles. The van der Waals surface area contributed by atoms with Gasteiger partial charge in [0.25, 0.3) is 0 Å². The van der Waals surface area contributed by atoms with Crippen molar-refractivity contribution in [2.24, 2.45) is 0 Å². The number of hydrogen-bond donors (Lipinski definition) is 3. The Balaban J connectivity index is 1.81. The van der Waals surface area contributed by atoms with Gasteiger partial charge in [0.2, 0.25) is 0 Å². The van der Waals surface area contributed by atoms with Crippen molar-refractivity contribution in [2.45, 2.75) is 38.8 Å². The second-order valence-electron chi connectivity index (χ2n) is 7.94. The van der Waals surface area contributed by atoms with Gasteiger partial charge in [-0.2, -0.15) is 5.10 Å². The van der Waals surface area contributed by atoms with Crippen LogP contribution < -0.4 is 15.4 Å². The number of aromatic nitrogens is 4. The second-order valence-corrected chi connectivity index (χ2v) is 7.94. The summed E-state index contributed by atoms with van der Waals surface area (Å²) < 4.78 is 47.0. The van der Waals surface area contributed by atoms with Crippen molar-refractivity contribution >= 4 is 11.8 Å². The van der Waals surface area contributed by atoms with Gasteiger partial charge in [-0.3, -0.25) is 10.1 Å². The Kier molecular flexibility index (Phi) is 7.04. The smallest absolute Gasteiger partial charge is 0.444 e. The maximum atomic E-state index is 12.6. The molecule has 176 valence electrons. The molecular formula is C21H23F3N6O3. The van der Waals surface area contributed by atoms with Crippen LogP contribution in [0.1, 0.15) is 32.6 Å². The number of alkyl carbamates (subject to hydrolysis) is 1. The first-order chi connectivity index (χ1) is 15.5. The molecule has 3 N–H and O–H groups in total. The Bertz CT molecular complexity index is 1070. The van der Waals surface area contributed by atoms with Crippen molar-refractivity contribution in [2.75, 3.05) is 11.9 Å². The lowest BCUT2D eigenvalue weighted by atomic mass is 10.2. The average molecular weight is 464 g/mol. The van der Waals surface area contributed by atoms with E-state index in [-0.39, 0.29) is 12.3 Å². The third-order valence-electron chi connectivity index (χ3n) is 4.03. The molecule has 0 bridgehead atoms. The Hall–Kier alpha value is -3.83.